The molecule has 144 valence electrons. The fourth-order valence-electron chi connectivity index (χ4n) is 3.82. The van der Waals surface area contributed by atoms with Gasteiger partial charge in [-0.3, -0.25) is 9.69 Å². The smallest absolute Gasteiger partial charge is 0.287 e. The Kier molecular flexibility index (Phi) is 5.34. The molecule has 0 radical (unpaired) electrons. The van der Waals surface area contributed by atoms with Gasteiger partial charge in [-0.15, -0.1) is 0 Å². The molecule has 2 aliphatic heterocycles. The molecule has 6 heteroatoms. The number of carbonyl (C=O) groups excluding carboxylic acids is 1. The van der Waals surface area contributed by atoms with E-state index in [1.165, 1.54) is 12.8 Å². The lowest BCUT2D eigenvalue weighted by Crippen LogP contribution is -2.34. The third-order valence-electron chi connectivity index (χ3n) is 5.27. The van der Waals surface area contributed by atoms with Crippen LogP contribution in [0.15, 0.2) is 34.7 Å². The van der Waals surface area contributed by atoms with E-state index in [0.717, 1.165) is 48.9 Å². The summed E-state index contributed by atoms with van der Waals surface area (Å²) in [5.74, 6) is 2.87. The van der Waals surface area contributed by atoms with E-state index in [1.807, 2.05) is 24.3 Å². The molecule has 1 saturated heterocycles. The molecular formula is C21H26N2O4. The Balaban J connectivity index is 1.30. The summed E-state index contributed by atoms with van der Waals surface area (Å²) in [6.07, 6.45) is 3.34. The van der Waals surface area contributed by atoms with Crippen molar-refractivity contribution in [3.05, 3.63) is 47.4 Å². The summed E-state index contributed by atoms with van der Waals surface area (Å²) >= 11 is 0. The van der Waals surface area contributed by atoms with Crippen molar-refractivity contribution in [3.63, 3.8) is 0 Å². The zero-order valence-corrected chi connectivity index (χ0v) is 15.7. The zero-order chi connectivity index (χ0) is 18.6. The number of fused-ring (bicyclic) bond motifs is 1. The first-order chi connectivity index (χ1) is 13.2. The molecule has 0 unspecified atom stereocenters. The maximum Gasteiger partial charge on any atom is 0.287 e. The molecule has 0 bridgehead atoms. The minimum Gasteiger partial charge on any atom is -0.493 e. The van der Waals surface area contributed by atoms with Crippen LogP contribution in [-0.4, -0.2) is 44.2 Å². The fourth-order valence-corrected chi connectivity index (χ4v) is 3.82. The van der Waals surface area contributed by atoms with Crippen LogP contribution in [0.3, 0.4) is 0 Å². The third-order valence-corrected chi connectivity index (χ3v) is 5.27. The number of methoxy groups -OCH3 is 1. The lowest BCUT2D eigenvalue weighted by atomic mass is 9.96. The molecule has 27 heavy (non-hydrogen) atoms. The Morgan fingerprint density at radius 2 is 2.11 bits per heavy atom. The molecule has 4 rings (SSSR count). The number of hydrogen-bond donors (Lipinski definition) is 1. The predicted molar refractivity (Wildman–Crippen MR) is 101 cm³/mol. The molecule has 1 aromatic heterocycles. The van der Waals surface area contributed by atoms with Gasteiger partial charge in [0.15, 0.2) is 17.3 Å². The van der Waals surface area contributed by atoms with Crippen LogP contribution in [-0.2, 0) is 13.0 Å². The van der Waals surface area contributed by atoms with Gasteiger partial charge in [-0.05, 0) is 56.1 Å². The predicted octanol–water partition coefficient (Wildman–Crippen LogP) is 2.87. The molecule has 1 atom stereocenters. The average Bonchev–Trinajstić information content (AvgIpc) is 3.38. The number of nitrogens with one attached hydrogen (secondary N) is 1. The quantitative estimate of drug-likeness (QED) is 0.847. The standard InChI is InChI=1S/C21H26N2O4/c1-25-18-6-4-5-16-11-15(14-26-20(16)18)12-22-21(24)19-8-7-17(27-19)13-23-9-2-3-10-23/h4-8,15H,2-3,9-14H2,1H3,(H,22,24)/t15-/m0/s1. The van der Waals surface area contributed by atoms with Gasteiger partial charge in [0.1, 0.15) is 5.76 Å². The molecule has 1 fully saturated rings. The van der Waals surface area contributed by atoms with E-state index >= 15 is 0 Å². The summed E-state index contributed by atoms with van der Waals surface area (Å²) in [7, 11) is 1.65. The number of ether oxygens (including phenoxy) is 2. The third kappa shape index (κ3) is 4.11. The summed E-state index contributed by atoms with van der Waals surface area (Å²) < 4.78 is 16.9. The van der Waals surface area contributed by atoms with E-state index < -0.39 is 0 Å². The van der Waals surface area contributed by atoms with Crippen LogP contribution >= 0.6 is 0 Å². The summed E-state index contributed by atoms with van der Waals surface area (Å²) in [5.41, 5.74) is 1.12. The Morgan fingerprint density at radius 3 is 2.93 bits per heavy atom. The molecule has 0 saturated carbocycles. The molecular weight excluding hydrogens is 344 g/mol. The second kappa shape index (κ2) is 8.05. The van der Waals surface area contributed by atoms with Crippen molar-refractivity contribution >= 4 is 5.91 Å². The van der Waals surface area contributed by atoms with Crippen LogP contribution in [0.4, 0.5) is 0 Å². The number of likely N-dealkylation sites (tertiary alicyclic amines) is 1. The number of furan rings is 1. The summed E-state index contributed by atoms with van der Waals surface area (Å²) in [6.45, 7) is 4.11. The minimum atomic E-state index is -0.167. The molecule has 1 N–H and O–H groups in total. The van der Waals surface area contributed by atoms with Crippen LogP contribution < -0.4 is 14.8 Å². The normalized spacial score (nSPS) is 19.4. The highest BCUT2D eigenvalue weighted by Crippen LogP contribution is 2.35. The molecule has 0 aliphatic carbocycles. The van der Waals surface area contributed by atoms with Crippen molar-refractivity contribution in [1.82, 2.24) is 10.2 Å². The van der Waals surface area contributed by atoms with Crippen LogP contribution in [0.25, 0.3) is 0 Å². The largest absolute Gasteiger partial charge is 0.493 e. The first-order valence-corrected chi connectivity index (χ1v) is 9.61. The maximum atomic E-state index is 12.4. The number of carbonyl (C=O) groups is 1. The molecule has 6 nitrogen and oxygen atoms in total. The van der Waals surface area contributed by atoms with Crippen molar-refractivity contribution in [1.29, 1.82) is 0 Å². The SMILES string of the molecule is COc1cccc2c1OC[C@H](CNC(=O)c1ccc(CN3CCCC3)o1)C2. The van der Waals surface area contributed by atoms with Crippen LogP contribution in [0, 0.1) is 5.92 Å². The van der Waals surface area contributed by atoms with Gasteiger partial charge in [-0.25, -0.2) is 0 Å². The van der Waals surface area contributed by atoms with Crippen molar-refractivity contribution < 1.29 is 18.7 Å². The average molecular weight is 370 g/mol. The van der Waals surface area contributed by atoms with Gasteiger partial charge in [0.05, 0.1) is 20.3 Å². The molecule has 1 aromatic carbocycles. The Morgan fingerprint density at radius 1 is 1.26 bits per heavy atom. The monoisotopic (exact) mass is 370 g/mol. The number of hydrogen-bond acceptors (Lipinski definition) is 5. The molecule has 1 amide bonds. The number of nitrogens with zero attached hydrogens (tertiary/aromatic N) is 1. The van der Waals surface area contributed by atoms with Gasteiger partial charge < -0.3 is 19.2 Å². The van der Waals surface area contributed by atoms with Gasteiger partial charge in [-0.2, -0.15) is 0 Å². The number of amides is 1. The lowest BCUT2D eigenvalue weighted by molar-refractivity contribution is 0.0907. The van der Waals surface area contributed by atoms with Crippen molar-refractivity contribution in [2.75, 3.05) is 33.4 Å². The van der Waals surface area contributed by atoms with E-state index in [0.29, 0.717) is 18.9 Å². The van der Waals surface area contributed by atoms with Gasteiger partial charge in [0.25, 0.3) is 5.91 Å². The highest BCUT2D eigenvalue weighted by atomic mass is 16.5. The van der Waals surface area contributed by atoms with Crippen LogP contribution in [0.2, 0.25) is 0 Å². The van der Waals surface area contributed by atoms with Crippen LogP contribution in [0.5, 0.6) is 11.5 Å². The fraction of sp³-hybridized carbons (Fsp3) is 0.476. The van der Waals surface area contributed by atoms with E-state index in [1.54, 1.807) is 13.2 Å². The van der Waals surface area contributed by atoms with E-state index in [4.69, 9.17) is 13.9 Å². The van der Waals surface area contributed by atoms with E-state index in [9.17, 15) is 4.79 Å². The highest BCUT2D eigenvalue weighted by molar-refractivity contribution is 5.91. The second-order valence-corrected chi connectivity index (χ2v) is 7.29. The van der Waals surface area contributed by atoms with Gasteiger partial charge in [0.2, 0.25) is 0 Å². The van der Waals surface area contributed by atoms with E-state index in [2.05, 4.69) is 10.2 Å². The zero-order valence-electron chi connectivity index (χ0n) is 15.7. The number of rotatable bonds is 6. The maximum absolute atomic E-state index is 12.4. The first-order valence-electron chi connectivity index (χ1n) is 9.61. The topological polar surface area (TPSA) is 63.9 Å². The lowest BCUT2D eigenvalue weighted by Gasteiger charge is -2.26. The number of benzene rings is 1. The Bertz CT molecular complexity index is 795. The highest BCUT2D eigenvalue weighted by Gasteiger charge is 2.24. The van der Waals surface area contributed by atoms with Gasteiger partial charge in [-0.1, -0.05) is 12.1 Å². The van der Waals surface area contributed by atoms with Crippen molar-refractivity contribution in [2.24, 2.45) is 5.92 Å². The van der Waals surface area contributed by atoms with Crippen molar-refractivity contribution in [3.8, 4) is 11.5 Å². The molecule has 2 aliphatic rings. The Hall–Kier alpha value is -2.47. The minimum absolute atomic E-state index is 0.167. The summed E-state index contributed by atoms with van der Waals surface area (Å²) in [5, 5.41) is 2.98. The molecule has 0 spiro atoms. The van der Waals surface area contributed by atoms with E-state index in [-0.39, 0.29) is 11.8 Å². The summed E-state index contributed by atoms with van der Waals surface area (Å²) in [6, 6.07) is 9.57. The summed E-state index contributed by atoms with van der Waals surface area (Å²) in [4.78, 5) is 14.8. The van der Waals surface area contributed by atoms with Crippen LogP contribution in [0.1, 0.15) is 34.7 Å². The first kappa shape index (κ1) is 17.9. The molecule has 3 heterocycles. The number of para-hydroxylation sites is 1. The van der Waals surface area contributed by atoms with Gasteiger partial charge in [0, 0.05) is 12.5 Å². The molecule has 2 aromatic rings. The second-order valence-electron chi connectivity index (χ2n) is 7.29. The van der Waals surface area contributed by atoms with Crippen molar-refractivity contribution in [2.45, 2.75) is 25.8 Å². The van der Waals surface area contributed by atoms with Gasteiger partial charge >= 0.3 is 0 Å². The Labute approximate surface area is 159 Å².